The van der Waals surface area contributed by atoms with Crippen LogP contribution in [0.5, 0.6) is 0 Å². The van der Waals surface area contributed by atoms with Crippen LogP contribution in [-0.4, -0.2) is 9.97 Å². The number of rotatable bonds is 1. The van der Waals surface area contributed by atoms with Gasteiger partial charge < -0.3 is 4.98 Å². The van der Waals surface area contributed by atoms with Crippen LogP contribution < -0.4 is 5.56 Å². The first kappa shape index (κ1) is 16.0. The zero-order valence-electron chi connectivity index (χ0n) is 10.7. The summed E-state index contributed by atoms with van der Waals surface area (Å²) < 4.78 is 75.7. The first-order valence-corrected chi connectivity index (χ1v) is 7.52. The molecule has 0 bridgehead atoms. The third-order valence-electron chi connectivity index (χ3n) is 2.83. The molecule has 0 saturated carbocycles. The molecule has 0 spiro atoms. The van der Waals surface area contributed by atoms with Gasteiger partial charge in [-0.15, -0.1) is 22.7 Å². The van der Waals surface area contributed by atoms with Gasteiger partial charge in [-0.2, -0.15) is 26.3 Å². The second-order valence-electron chi connectivity index (χ2n) is 4.44. The van der Waals surface area contributed by atoms with Crippen molar-refractivity contribution in [2.45, 2.75) is 12.4 Å². The Morgan fingerprint density at radius 1 is 1.00 bits per heavy atom. The number of fused-ring (bicyclic) bond motifs is 1. The summed E-state index contributed by atoms with van der Waals surface area (Å²) in [7, 11) is 0. The number of aromatic nitrogens is 2. The van der Waals surface area contributed by atoms with Gasteiger partial charge in [0, 0.05) is 10.9 Å². The van der Waals surface area contributed by atoms with E-state index in [9.17, 15) is 31.1 Å². The van der Waals surface area contributed by atoms with E-state index in [1.807, 2.05) is 0 Å². The van der Waals surface area contributed by atoms with Crippen LogP contribution in [-0.2, 0) is 12.4 Å². The van der Waals surface area contributed by atoms with Gasteiger partial charge in [0.2, 0.25) is 0 Å². The van der Waals surface area contributed by atoms with E-state index in [0.717, 1.165) is 11.4 Å². The smallest absolute Gasteiger partial charge is 0.306 e. The van der Waals surface area contributed by atoms with E-state index in [1.165, 1.54) is 0 Å². The number of thiophene rings is 2. The molecule has 0 radical (unpaired) electrons. The average molecular weight is 370 g/mol. The number of H-pyrrole nitrogens is 1. The largest absolute Gasteiger partial charge is 0.425 e. The highest BCUT2D eigenvalue weighted by Crippen LogP contribution is 2.38. The number of alkyl halides is 6. The van der Waals surface area contributed by atoms with E-state index in [0.29, 0.717) is 17.4 Å². The van der Waals surface area contributed by atoms with Gasteiger partial charge in [0.1, 0.15) is 20.4 Å². The van der Waals surface area contributed by atoms with Crippen molar-refractivity contribution in [2.24, 2.45) is 0 Å². The van der Waals surface area contributed by atoms with Gasteiger partial charge in [-0.1, -0.05) is 0 Å². The molecule has 3 nitrogen and oxygen atoms in total. The van der Waals surface area contributed by atoms with Crippen molar-refractivity contribution < 1.29 is 26.3 Å². The third kappa shape index (κ3) is 2.98. The number of halogens is 6. The minimum atomic E-state index is -4.62. The van der Waals surface area contributed by atoms with Crippen molar-refractivity contribution in [2.75, 3.05) is 0 Å². The Balaban J connectivity index is 2.13. The Hall–Kier alpha value is -1.88. The van der Waals surface area contributed by atoms with Crippen LogP contribution in [0.4, 0.5) is 26.3 Å². The average Bonchev–Trinajstić information content (AvgIpc) is 3.04. The molecule has 11 heteroatoms. The monoisotopic (exact) mass is 370 g/mol. The zero-order chi connectivity index (χ0) is 17.0. The summed E-state index contributed by atoms with van der Waals surface area (Å²) >= 11 is 0.673. The van der Waals surface area contributed by atoms with Crippen molar-refractivity contribution in [1.82, 2.24) is 9.97 Å². The molecule has 0 unspecified atom stereocenters. The van der Waals surface area contributed by atoms with Crippen molar-refractivity contribution in [3.05, 3.63) is 37.6 Å². The van der Waals surface area contributed by atoms with Gasteiger partial charge in [-0.3, -0.25) is 4.79 Å². The summed E-state index contributed by atoms with van der Waals surface area (Å²) in [6.45, 7) is 0. The minimum absolute atomic E-state index is 0.0108. The summed E-state index contributed by atoms with van der Waals surface area (Å²) in [5, 5.41) is 0.878. The number of aromatic amines is 1. The molecule has 0 saturated heterocycles. The predicted octanol–water partition coefficient (Wildman–Crippen LogP) is 4.75. The molecule has 3 aromatic rings. The van der Waals surface area contributed by atoms with E-state index < -0.39 is 27.7 Å². The fourth-order valence-electron chi connectivity index (χ4n) is 1.82. The maximum absolute atomic E-state index is 12.7. The van der Waals surface area contributed by atoms with Crippen molar-refractivity contribution in [3.63, 3.8) is 0 Å². The minimum Gasteiger partial charge on any atom is -0.306 e. The van der Waals surface area contributed by atoms with Gasteiger partial charge in [0.05, 0.1) is 5.39 Å². The van der Waals surface area contributed by atoms with Crippen molar-refractivity contribution in [3.8, 4) is 11.4 Å². The fourth-order valence-corrected chi connectivity index (χ4v) is 3.48. The normalized spacial score (nSPS) is 13.0. The van der Waals surface area contributed by atoms with Crippen LogP contribution in [0.15, 0.2) is 22.3 Å². The van der Waals surface area contributed by atoms with Crippen molar-refractivity contribution >= 4 is 32.9 Å². The number of nitrogens with one attached hydrogen (secondary N) is 1. The summed E-state index contributed by atoms with van der Waals surface area (Å²) in [5.74, 6) is -0.204. The second kappa shape index (κ2) is 5.06. The highest BCUT2D eigenvalue weighted by Gasteiger charge is 2.34. The molecule has 0 aromatic carbocycles. The van der Waals surface area contributed by atoms with Gasteiger partial charge >= 0.3 is 12.4 Å². The topological polar surface area (TPSA) is 45.8 Å². The molecule has 122 valence electrons. The quantitative estimate of drug-likeness (QED) is 0.629. The lowest BCUT2D eigenvalue weighted by Gasteiger charge is -2.00. The first-order valence-electron chi connectivity index (χ1n) is 5.83. The molecule has 0 atom stereocenters. The number of hydrogen-bond donors (Lipinski definition) is 1. The molecule has 23 heavy (non-hydrogen) atoms. The SMILES string of the molecule is O=c1[nH]c(-c2csc(C(F)(F)F)c2)nc2sc(C(F)(F)F)cc12. The second-order valence-corrected chi connectivity index (χ2v) is 6.38. The maximum Gasteiger partial charge on any atom is 0.425 e. The standard InChI is InChI=1S/C12H4F6N2OS2/c13-11(14,15)6-1-4(3-22-6)8-19-9(21)5-2-7(12(16,17)18)23-10(5)20-8/h1-3H,(H,19,20,21). The molecule has 0 fully saturated rings. The highest BCUT2D eigenvalue weighted by molar-refractivity contribution is 7.18. The summed E-state index contributed by atoms with van der Waals surface area (Å²) in [6, 6.07) is 1.46. The van der Waals surface area contributed by atoms with Gasteiger partial charge in [0.25, 0.3) is 5.56 Å². The van der Waals surface area contributed by atoms with Crippen LogP contribution in [0.3, 0.4) is 0 Å². The maximum atomic E-state index is 12.7. The molecule has 0 aliphatic rings. The van der Waals surface area contributed by atoms with Crippen LogP contribution in [0, 0.1) is 0 Å². The van der Waals surface area contributed by atoms with E-state index in [1.54, 1.807) is 0 Å². The lowest BCUT2D eigenvalue weighted by Crippen LogP contribution is -2.08. The summed E-state index contributed by atoms with van der Waals surface area (Å²) in [6.07, 6.45) is -9.16. The van der Waals surface area contributed by atoms with E-state index in [-0.39, 0.29) is 32.9 Å². The molecular formula is C12H4F6N2OS2. The molecular weight excluding hydrogens is 366 g/mol. The Kier molecular flexibility index (Phi) is 3.52. The van der Waals surface area contributed by atoms with Gasteiger partial charge in [-0.25, -0.2) is 4.98 Å². The molecule has 3 rings (SSSR count). The molecule has 3 heterocycles. The fraction of sp³-hybridized carbons (Fsp3) is 0.167. The third-order valence-corrected chi connectivity index (χ3v) is 4.88. The summed E-state index contributed by atoms with van der Waals surface area (Å²) in [5.41, 5.74) is -0.847. The van der Waals surface area contributed by atoms with E-state index in [4.69, 9.17) is 0 Å². The molecule has 0 aliphatic heterocycles. The van der Waals surface area contributed by atoms with E-state index in [2.05, 4.69) is 9.97 Å². The van der Waals surface area contributed by atoms with Gasteiger partial charge in [0.15, 0.2) is 0 Å². The molecule has 0 aliphatic carbocycles. The zero-order valence-corrected chi connectivity index (χ0v) is 12.3. The van der Waals surface area contributed by atoms with Gasteiger partial charge in [-0.05, 0) is 12.1 Å². The van der Waals surface area contributed by atoms with Crippen LogP contribution in [0.2, 0.25) is 0 Å². The van der Waals surface area contributed by atoms with E-state index >= 15 is 0 Å². The number of nitrogens with zero attached hydrogens (tertiary/aromatic N) is 1. The Morgan fingerprint density at radius 2 is 1.65 bits per heavy atom. The van der Waals surface area contributed by atoms with Crippen LogP contribution in [0.1, 0.15) is 9.75 Å². The van der Waals surface area contributed by atoms with Crippen LogP contribution >= 0.6 is 22.7 Å². The van der Waals surface area contributed by atoms with Crippen molar-refractivity contribution in [1.29, 1.82) is 0 Å². The molecule has 3 aromatic heterocycles. The summed E-state index contributed by atoms with van der Waals surface area (Å²) in [4.78, 5) is 15.8. The Labute approximate surface area is 131 Å². The molecule has 1 N–H and O–H groups in total. The Bertz CT molecular complexity index is 934. The van der Waals surface area contributed by atoms with Crippen LogP contribution in [0.25, 0.3) is 21.6 Å². The highest BCUT2D eigenvalue weighted by atomic mass is 32.1. The first-order chi connectivity index (χ1) is 10.6. The lowest BCUT2D eigenvalue weighted by atomic mass is 10.2. The molecule has 0 amide bonds. The number of hydrogen-bond acceptors (Lipinski definition) is 4. The predicted molar refractivity (Wildman–Crippen MR) is 73.6 cm³/mol. The lowest BCUT2D eigenvalue weighted by molar-refractivity contribution is -0.135. The Morgan fingerprint density at radius 3 is 2.22 bits per heavy atom.